The van der Waals surface area contributed by atoms with Crippen molar-refractivity contribution in [2.24, 2.45) is 7.05 Å². The van der Waals surface area contributed by atoms with Gasteiger partial charge in [-0.15, -0.1) is 11.3 Å². The largest absolute Gasteiger partial charge is 0.310 e. The number of hydrogen-bond acceptors (Lipinski definition) is 3. The third-order valence-electron chi connectivity index (χ3n) is 2.96. The fourth-order valence-electron chi connectivity index (χ4n) is 2.10. The molecule has 1 unspecified atom stereocenters. The summed E-state index contributed by atoms with van der Waals surface area (Å²) in [5, 5.41) is 8.01. The fourth-order valence-corrected chi connectivity index (χ4v) is 3.19. The van der Waals surface area contributed by atoms with Crippen LogP contribution in [0.4, 0.5) is 0 Å². The van der Waals surface area contributed by atoms with Crippen molar-refractivity contribution in [2.75, 3.05) is 6.54 Å². The Balaban J connectivity index is 2.18. The molecule has 0 bridgehead atoms. The first kappa shape index (κ1) is 13.3. The van der Waals surface area contributed by atoms with Crippen LogP contribution in [0.3, 0.4) is 0 Å². The number of nitrogens with zero attached hydrogens (tertiary/aromatic N) is 2. The lowest BCUT2D eigenvalue weighted by molar-refractivity contribution is 0.516. The lowest BCUT2D eigenvalue weighted by atomic mass is 10.1. The highest BCUT2D eigenvalue weighted by atomic mass is 32.1. The topological polar surface area (TPSA) is 29.9 Å². The van der Waals surface area contributed by atoms with Crippen molar-refractivity contribution in [2.45, 2.75) is 32.7 Å². The minimum Gasteiger partial charge on any atom is -0.310 e. The van der Waals surface area contributed by atoms with Crippen LogP contribution < -0.4 is 5.32 Å². The average Bonchev–Trinajstić information content (AvgIpc) is 2.97. The van der Waals surface area contributed by atoms with Crippen molar-refractivity contribution in [1.82, 2.24) is 15.1 Å². The van der Waals surface area contributed by atoms with E-state index in [0.717, 1.165) is 12.2 Å². The average molecular weight is 263 g/mol. The number of nitrogens with one attached hydrogen (secondary N) is 1. The molecule has 0 aliphatic carbocycles. The number of aromatic nitrogens is 2. The maximum Gasteiger partial charge on any atom is 0.102 e. The van der Waals surface area contributed by atoms with E-state index in [-0.39, 0.29) is 0 Å². The van der Waals surface area contributed by atoms with E-state index in [1.165, 1.54) is 22.6 Å². The van der Waals surface area contributed by atoms with E-state index in [9.17, 15) is 0 Å². The first-order chi connectivity index (χ1) is 8.74. The van der Waals surface area contributed by atoms with Crippen LogP contribution in [0.15, 0.2) is 24.4 Å². The predicted octanol–water partition coefficient (Wildman–Crippen LogP) is 3.60. The Morgan fingerprint density at radius 2 is 2.17 bits per heavy atom. The Labute approximate surface area is 113 Å². The predicted molar refractivity (Wildman–Crippen MR) is 77.8 cm³/mol. The van der Waals surface area contributed by atoms with Gasteiger partial charge in [-0.2, -0.15) is 5.10 Å². The third-order valence-corrected chi connectivity index (χ3v) is 4.19. The van der Waals surface area contributed by atoms with E-state index < -0.39 is 0 Å². The van der Waals surface area contributed by atoms with Gasteiger partial charge in [0.1, 0.15) is 5.69 Å². The zero-order chi connectivity index (χ0) is 13.0. The lowest BCUT2D eigenvalue weighted by Gasteiger charge is -2.14. The summed E-state index contributed by atoms with van der Waals surface area (Å²) >= 11 is 1.85. The quantitative estimate of drug-likeness (QED) is 0.863. The fraction of sp³-hybridized carbons (Fsp3) is 0.500. The summed E-state index contributed by atoms with van der Waals surface area (Å²) in [6.07, 6.45) is 4.38. The highest BCUT2D eigenvalue weighted by molar-refractivity contribution is 7.15. The van der Waals surface area contributed by atoms with Gasteiger partial charge in [0.05, 0.1) is 4.88 Å². The van der Waals surface area contributed by atoms with Crippen LogP contribution in [0.2, 0.25) is 0 Å². The highest BCUT2D eigenvalue weighted by Gasteiger charge is 2.13. The molecule has 3 nitrogen and oxygen atoms in total. The zero-order valence-electron chi connectivity index (χ0n) is 11.3. The van der Waals surface area contributed by atoms with Crippen molar-refractivity contribution >= 4 is 11.3 Å². The van der Waals surface area contributed by atoms with Crippen molar-refractivity contribution in [3.8, 4) is 10.6 Å². The Bertz CT molecular complexity index is 481. The van der Waals surface area contributed by atoms with E-state index in [2.05, 4.69) is 42.5 Å². The molecule has 0 radical (unpaired) electrons. The standard InChI is InChI=1S/C14H21N3S/c1-4-6-11(15-5-2)13-7-8-14(18-13)12-9-10-17(3)16-12/h7-11,15H,4-6H2,1-3H3. The van der Waals surface area contributed by atoms with E-state index in [1.54, 1.807) is 0 Å². The van der Waals surface area contributed by atoms with Gasteiger partial charge in [-0.25, -0.2) is 0 Å². The van der Waals surface area contributed by atoms with Crippen LogP contribution in [-0.4, -0.2) is 16.3 Å². The van der Waals surface area contributed by atoms with Gasteiger partial charge in [0.25, 0.3) is 0 Å². The van der Waals surface area contributed by atoms with Crippen molar-refractivity contribution < 1.29 is 0 Å². The smallest absolute Gasteiger partial charge is 0.102 e. The summed E-state index contributed by atoms with van der Waals surface area (Å²) in [6, 6.07) is 6.97. The summed E-state index contributed by atoms with van der Waals surface area (Å²) in [4.78, 5) is 2.67. The van der Waals surface area contributed by atoms with E-state index in [1.807, 2.05) is 29.3 Å². The van der Waals surface area contributed by atoms with Crippen LogP contribution in [0.25, 0.3) is 10.6 Å². The van der Waals surface area contributed by atoms with Crippen LogP contribution in [0.1, 0.15) is 37.6 Å². The first-order valence-electron chi connectivity index (χ1n) is 6.57. The van der Waals surface area contributed by atoms with E-state index in [0.29, 0.717) is 6.04 Å². The van der Waals surface area contributed by atoms with E-state index >= 15 is 0 Å². The van der Waals surface area contributed by atoms with Crippen molar-refractivity contribution in [1.29, 1.82) is 0 Å². The summed E-state index contributed by atoms with van der Waals surface area (Å²) < 4.78 is 1.85. The normalized spacial score (nSPS) is 12.8. The zero-order valence-corrected chi connectivity index (χ0v) is 12.1. The second-order valence-corrected chi connectivity index (χ2v) is 5.59. The molecule has 0 aliphatic rings. The van der Waals surface area contributed by atoms with Crippen LogP contribution >= 0.6 is 11.3 Å². The van der Waals surface area contributed by atoms with Gasteiger partial charge < -0.3 is 5.32 Å². The van der Waals surface area contributed by atoms with Gasteiger partial charge in [0.2, 0.25) is 0 Å². The first-order valence-corrected chi connectivity index (χ1v) is 7.39. The molecular weight excluding hydrogens is 242 g/mol. The molecule has 98 valence electrons. The molecule has 2 heterocycles. The van der Waals surface area contributed by atoms with Crippen molar-refractivity contribution in [3.63, 3.8) is 0 Å². The molecule has 1 N–H and O–H groups in total. The highest BCUT2D eigenvalue weighted by Crippen LogP contribution is 2.32. The Kier molecular flexibility index (Phi) is 4.55. The molecule has 0 fully saturated rings. The summed E-state index contributed by atoms with van der Waals surface area (Å²) in [6.45, 7) is 5.41. The van der Waals surface area contributed by atoms with Gasteiger partial charge in [-0.1, -0.05) is 20.3 Å². The monoisotopic (exact) mass is 263 g/mol. The molecule has 0 saturated heterocycles. The minimum absolute atomic E-state index is 0.488. The maximum absolute atomic E-state index is 4.45. The number of rotatable bonds is 6. The molecule has 0 amide bonds. The van der Waals surface area contributed by atoms with Crippen LogP contribution in [-0.2, 0) is 7.05 Å². The van der Waals surface area contributed by atoms with Gasteiger partial charge in [0, 0.05) is 24.2 Å². The number of hydrogen-bond donors (Lipinski definition) is 1. The molecular formula is C14H21N3S. The van der Waals surface area contributed by atoms with Gasteiger partial charge in [0.15, 0.2) is 0 Å². The Morgan fingerprint density at radius 3 is 2.78 bits per heavy atom. The molecule has 0 aliphatic heterocycles. The summed E-state index contributed by atoms with van der Waals surface area (Å²) in [5.74, 6) is 0. The van der Waals surface area contributed by atoms with Crippen molar-refractivity contribution in [3.05, 3.63) is 29.3 Å². The molecule has 2 rings (SSSR count). The minimum atomic E-state index is 0.488. The number of thiophene rings is 1. The molecule has 1 atom stereocenters. The van der Waals surface area contributed by atoms with Gasteiger partial charge >= 0.3 is 0 Å². The van der Waals surface area contributed by atoms with E-state index in [4.69, 9.17) is 0 Å². The molecule has 0 aromatic carbocycles. The molecule has 0 spiro atoms. The van der Waals surface area contributed by atoms with Crippen LogP contribution in [0.5, 0.6) is 0 Å². The molecule has 0 saturated carbocycles. The molecule has 2 aromatic rings. The number of aryl methyl sites for hydroxylation is 1. The molecule has 4 heteroatoms. The summed E-state index contributed by atoms with van der Waals surface area (Å²) in [7, 11) is 1.95. The van der Waals surface area contributed by atoms with Gasteiger partial charge in [-0.05, 0) is 31.2 Å². The van der Waals surface area contributed by atoms with Gasteiger partial charge in [-0.3, -0.25) is 4.68 Å². The third kappa shape index (κ3) is 3.00. The Hall–Kier alpha value is -1.13. The van der Waals surface area contributed by atoms with Crippen LogP contribution in [0, 0.1) is 0 Å². The lowest BCUT2D eigenvalue weighted by Crippen LogP contribution is -2.19. The SMILES string of the molecule is CCCC(NCC)c1ccc(-c2ccn(C)n2)s1. The second kappa shape index (κ2) is 6.16. The summed E-state index contributed by atoms with van der Waals surface area (Å²) in [5.41, 5.74) is 1.07. The molecule has 18 heavy (non-hydrogen) atoms. The second-order valence-electron chi connectivity index (χ2n) is 4.48. The Morgan fingerprint density at radius 1 is 1.33 bits per heavy atom. The maximum atomic E-state index is 4.45. The molecule has 2 aromatic heterocycles.